The minimum absolute atomic E-state index is 0.0542. The summed E-state index contributed by atoms with van der Waals surface area (Å²) < 4.78 is 4.26. The van der Waals surface area contributed by atoms with Gasteiger partial charge in [0.15, 0.2) is 5.82 Å². The van der Waals surface area contributed by atoms with Gasteiger partial charge < -0.3 is 4.90 Å². The minimum Gasteiger partial charge on any atom is -0.331 e. The van der Waals surface area contributed by atoms with Gasteiger partial charge in [0.1, 0.15) is 6.04 Å². The van der Waals surface area contributed by atoms with Crippen molar-refractivity contribution in [3.05, 3.63) is 17.5 Å². The van der Waals surface area contributed by atoms with E-state index in [1.54, 1.807) is 16.2 Å². The lowest BCUT2D eigenvalue weighted by molar-refractivity contribution is -0.135. The number of aromatic nitrogens is 2. The molecule has 8 heteroatoms. The highest BCUT2D eigenvalue weighted by molar-refractivity contribution is 7.14. The second-order valence-corrected chi connectivity index (χ2v) is 6.70. The zero-order valence-electron chi connectivity index (χ0n) is 12.1. The maximum Gasteiger partial charge on any atom is 0.248 e. The van der Waals surface area contributed by atoms with Crippen LogP contribution in [0.3, 0.4) is 0 Å². The van der Waals surface area contributed by atoms with Crippen LogP contribution in [-0.2, 0) is 9.59 Å². The summed E-state index contributed by atoms with van der Waals surface area (Å²) in [5.41, 5.74) is 0. The number of hydrogen-bond donors (Lipinski definition) is 1. The van der Waals surface area contributed by atoms with E-state index < -0.39 is 6.04 Å². The van der Waals surface area contributed by atoms with Gasteiger partial charge in [0.25, 0.3) is 0 Å². The minimum atomic E-state index is -0.427. The molecule has 1 atom stereocenters. The molecule has 0 unspecified atom stereocenters. The van der Waals surface area contributed by atoms with Gasteiger partial charge in [-0.2, -0.15) is 9.36 Å². The SMILES string of the molecule is CC[C@@H](C(=O)Nc1nc(-c2cccs2)ns1)N1CCCC1=O. The van der Waals surface area contributed by atoms with Crippen molar-refractivity contribution in [1.29, 1.82) is 0 Å². The van der Waals surface area contributed by atoms with E-state index in [0.29, 0.717) is 30.3 Å². The molecule has 6 nitrogen and oxygen atoms in total. The number of thiophene rings is 1. The fourth-order valence-electron chi connectivity index (χ4n) is 2.51. The topological polar surface area (TPSA) is 75.2 Å². The maximum absolute atomic E-state index is 12.4. The van der Waals surface area contributed by atoms with Gasteiger partial charge in [0, 0.05) is 24.5 Å². The van der Waals surface area contributed by atoms with Crippen LogP contribution >= 0.6 is 22.9 Å². The van der Waals surface area contributed by atoms with Gasteiger partial charge in [-0.25, -0.2) is 0 Å². The van der Waals surface area contributed by atoms with Gasteiger partial charge in [0.05, 0.1) is 4.88 Å². The van der Waals surface area contributed by atoms with Crippen LogP contribution in [-0.4, -0.2) is 38.7 Å². The van der Waals surface area contributed by atoms with Crippen molar-refractivity contribution >= 4 is 39.8 Å². The average Bonchev–Trinajstić information content (AvgIpc) is 3.21. The van der Waals surface area contributed by atoms with E-state index in [1.807, 2.05) is 24.4 Å². The van der Waals surface area contributed by atoms with Crippen LogP contribution in [0.25, 0.3) is 10.7 Å². The van der Waals surface area contributed by atoms with Crippen molar-refractivity contribution in [3.8, 4) is 10.7 Å². The molecule has 2 aromatic heterocycles. The third-order valence-electron chi connectivity index (χ3n) is 3.57. The summed E-state index contributed by atoms with van der Waals surface area (Å²) in [6.07, 6.45) is 1.95. The molecule has 0 radical (unpaired) electrons. The van der Waals surface area contributed by atoms with Crippen LogP contribution in [0.15, 0.2) is 17.5 Å². The molecule has 1 N–H and O–H groups in total. The molecule has 2 amide bonds. The van der Waals surface area contributed by atoms with Crippen LogP contribution in [0.1, 0.15) is 26.2 Å². The predicted molar refractivity (Wildman–Crippen MR) is 86.9 cm³/mol. The predicted octanol–water partition coefficient (Wildman–Crippen LogP) is 2.61. The first-order valence-corrected chi connectivity index (χ1v) is 8.82. The van der Waals surface area contributed by atoms with Crippen molar-refractivity contribution in [1.82, 2.24) is 14.3 Å². The molecule has 0 aromatic carbocycles. The Bertz CT molecular complexity index is 668. The normalized spacial score (nSPS) is 16.0. The van der Waals surface area contributed by atoms with Gasteiger partial charge in [0.2, 0.25) is 16.9 Å². The summed E-state index contributed by atoms with van der Waals surface area (Å²) in [5.74, 6) is 0.491. The highest BCUT2D eigenvalue weighted by Gasteiger charge is 2.31. The number of hydrogen-bond acceptors (Lipinski definition) is 6. The fourth-order valence-corrected chi connectivity index (χ4v) is 3.82. The van der Waals surface area contributed by atoms with Crippen LogP contribution < -0.4 is 5.32 Å². The van der Waals surface area contributed by atoms with Crippen molar-refractivity contribution < 1.29 is 9.59 Å². The Kier molecular flexibility index (Phi) is 4.49. The van der Waals surface area contributed by atoms with Crippen molar-refractivity contribution in [2.45, 2.75) is 32.2 Å². The van der Waals surface area contributed by atoms with Crippen molar-refractivity contribution in [3.63, 3.8) is 0 Å². The fraction of sp³-hybridized carbons (Fsp3) is 0.429. The van der Waals surface area contributed by atoms with Crippen molar-refractivity contribution in [2.75, 3.05) is 11.9 Å². The number of nitrogens with one attached hydrogen (secondary N) is 1. The molecule has 116 valence electrons. The molecule has 0 spiro atoms. The molecule has 2 aromatic rings. The summed E-state index contributed by atoms with van der Waals surface area (Å²) in [4.78, 5) is 31.2. The highest BCUT2D eigenvalue weighted by Crippen LogP contribution is 2.25. The first-order chi connectivity index (χ1) is 10.7. The lowest BCUT2D eigenvalue weighted by Gasteiger charge is -2.25. The van der Waals surface area contributed by atoms with E-state index in [2.05, 4.69) is 14.7 Å². The molecular formula is C14H16N4O2S2. The van der Waals surface area contributed by atoms with E-state index in [4.69, 9.17) is 0 Å². The monoisotopic (exact) mass is 336 g/mol. The Labute approximate surface area is 136 Å². The van der Waals surface area contributed by atoms with Gasteiger partial charge in [-0.15, -0.1) is 11.3 Å². The summed E-state index contributed by atoms with van der Waals surface area (Å²) in [7, 11) is 0. The molecule has 3 heterocycles. The van der Waals surface area contributed by atoms with Gasteiger partial charge in [-0.1, -0.05) is 13.0 Å². The smallest absolute Gasteiger partial charge is 0.248 e. The standard InChI is InChI=1S/C14H16N4O2S2/c1-2-9(18-7-3-6-11(18)19)13(20)16-14-15-12(17-22-14)10-5-4-8-21-10/h4-5,8-9H,2-3,6-7H2,1H3,(H,15,16,17,20)/t9-/m0/s1. The number of amides is 2. The summed E-state index contributed by atoms with van der Waals surface area (Å²) in [5, 5.41) is 5.22. The average molecular weight is 336 g/mol. The van der Waals surface area contributed by atoms with E-state index in [9.17, 15) is 9.59 Å². The number of likely N-dealkylation sites (tertiary alicyclic amines) is 1. The third kappa shape index (κ3) is 3.02. The van der Waals surface area contributed by atoms with Crippen LogP contribution in [0.5, 0.6) is 0 Å². The third-order valence-corrected chi connectivity index (χ3v) is 5.07. The first-order valence-electron chi connectivity index (χ1n) is 7.17. The number of rotatable bonds is 5. The molecule has 1 aliphatic heterocycles. The first kappa shape index (κ1) is 15.1. The maximum atomic E-state index is 12.4. The molecule has 3 rings (SSSR count). The molecule has 22 heavy (non-hydrogen) atoms. The Morgan fingerprint density at radius 3 is 3.05 bits per heavy atom. The summed E-state index contributed by atoms with van der Waals surface area (Å²) in [6.45, 7) is 2.56. The van der Waals surface area contributed by atoms with E-state index in [1.165, 1.54) is 0 Å². The summed E-state index contributed by atoms with van der Waals surface area (Å²) >= 11 is 2.71. The second kappa shape index (κ2) is 6.53. The lowest BCUT2D eigenvalue weighted by atomic mass is 10.2. The highest BCUT2D eigenvalue weighted by atomic mass is 32.1. The Balaban J connectivity index is 1.69. The number of carbonyl (C=O) groups is 2. The van der Waals surface area contributed by atoms with Crippen LogP contribution in [0.2, 0.25) is 0 Å². The lowest BCUT2D eigenvalue weighted by Crippen LogP contribution is -2.44. The van der Waals surface area contributed by atoms with Gasteiger partial charge in [-0.3, -0.25) is 14.9 Å². The molecule has 0 aliphatic carbocycles. The van der Waals surface area contributed by atoms with Crippen LogP contribution in [0, 0.1) is 0 Å². The molecular weight excluding hydrogens is 320 g/mol. The molecule has 1 saturated heterocycles. The largest absolute Gasteiger partial charge is 0.331 e. The quantitative estimate of drug-likeness (QED) is 0.911. The van der Waals surface area contributed by atoms with Gasteiger partial charge >= 0.3 is 0 Å². The number of anilines is 1. The summed E-state index contributed by atoms with van der Waals surface area (Å²) in [6, 6.07) is 3.45. The number of nitrogens with zero attached hydrogens (tertiary/aromatic N) is 3. The van der Waals surface area contributed by atoms with Crippen LogP contribution in [0.4, 0.5) is 5.13 Å². The molecule has 0 bridgehead atoms. The van der Waals surface area contributed by atoms with Gasteiger partial charge in [-0.05, 0) is 24.3 Å². The van der Waals surface area contributed by atoms with E-state index >= 15 is 0 Å². The molecule has 1 fully saturated rings. The zero-order chi connectivity index (χ0) is 15.5. The number of carbonyl (C=O) groups excluding carboxylic acids is 2. The molecule has 0 saturated carbocycles. The zero-order valence-corrected chi connectivity index (χ0v) is 13.7. The molecule has 1 aliphatic rings. The Morgan fingerprint density at radius 2 is 2.41 bits per heavy atom. The Morgan fingerprint density at radius 1 is 1.55 bits per heavy atom. The van der Waals surface area contributed by atoms with Crippen molar-refractivity contribution in [2.24, 2.45) is 0 Å². The van der Waals surface area contributed by atoms with E-state index in [0.717, 1.165) is 22.8 Å². The van der Waals surface area contributed by atoms with E-state index in [-0.39, 0.29) is 11.8 Å². The second-order valence-electron chi connectivity index (χ2n) is 5.00. The Hall–Kier alpha value is -1.80.